The van der Waals surface area contributed by atoms with Crippen LogP contribution in [0.3, 0.4) is 0 Å². The highest BCUT2D eigenvalue weighted by Crippen LogP contribution is 2.20. The fourth-order valence-electron chi connectivity index (χ4n) is 1.89. The topological polar surface area (TPSA) is 0 Å². The van der Waals surface area contributed by atoms with Gasteiger partial charge in [-0.3, -0.25) is 0 Å². The van der Waals surface area contributed by atoms with Gasteiger partial charge >= 0.3 is 0 Å². The smallest absolute Gasteiger partial charge is 0.00616 e. The summed E-state index contributed by atoms with van der Waals surface area (Å²) in [5.74, 6) is 0. The number of hydrogen-bond acceptors (Lipinski definition) is 0. The van der Waals surface area contributed by atoms with Gasteiger partial charge in [0.2, 0.25) is 0 Å². The Hall–Kier alpha value is -1.30. The van der Waals surface area contributed by atoms with Crippen LogP contribution in [0.5, 0.6) is 0 Å². The van der Waals surface area contributed by atoms with Crippen LogP contribution in [-0.2, 0) is 12.8 Å². The summed E-state index contributed by atoms with van der Waals surface area (Å²) in [5, 5.41) is 2.54. The molecule has 1 radical (unpaired) electrons. The van der Waals surface area contributed by atoms with E-state index in [2.05, 4.69) is 50.2 Å². The Bertz CT molecular complexity index is 398. The molecule has 0 aromatic heterocycles. The van der Waals surface area contributed by atoms with E-state index in [4.69, 9.17) is 0 Å². The SMILES string of the molecule is CCc1[c]c2ccccc2cc1CC. The minimum Gasteiger partial charge on any atom is -0.0616 e. The van der Waals surface area contributed by atoms with Crippen LogP contribution < -0.4 is 0 Å². The third-order valence-corrected chi connectivity index (χ3v) is 2.70. The summed E-state index contributed by atoms with van der Waals surface area (Å²) >= 11 is 0. The molecule has 2 aromatic carbocycles. The summed E-state index contributed by atoms with van der Waals surface area (Å²) in [5.41, 5.74) is 2.80. The predicted molar refractivity (Wildman–Crippen MR) is 61.5 cm³/mol. The van der Waals surface area contributed by atoms with Gasteiger partial charge in [-0.05, 0) is 40.8 Å². The highest BCUT2D eigenvalue weighted by molar-refractivity contribution is 5.83. The Labute approximate surface area is 85.6 Å². The second-order valence-electron chi connectivity index (χ2n) is 3.57. The van der Waals surface area contributed by atoms with Crippen molar-refractivity contribution in [3.05, 3.63) is 47.5 Å². The van der Waals surface area contributed by atoms with Crippen LogP contribution in [0.15, 0.2) is 30.3 Å². The Morgan fingerprint density at radius 1 is 1.07 bits per heavy atom. The molecule has 0 nitrogen and oxygen atoms in total. The van der Waals surface area contributed by atoms with Crippen molar-refractivity contribution in [3.8, 4) is 0 Å². The van der Waals surface area contributed by atoms with Crippen molar-refractivity contribution in [1.29, 1.82) is 0 Å². The molecule has 0 bridgehead atoms. The number of aryl methyl sites for hydroxylation is 2. The zero-order chi connectivity index (χ0) is 9.97. The molecule has 14 heavy (non-hydrogen) atoms. The van der Waals surface area contributed by atoms with E-state index in [0.29, 0.717) is 0 Å². The lowest BCUT2D eigenvalue weighted by Gasteiger charge is -2.07. The van der Waals surface area contributed by atoms with Crippen LogP contribution >= 0.6 is 0 Å². The zero-order valence-corrected chi connectivity index (χ0v) is 8.80. The molecule has 0 amide bonds. The summed E-state index contributed by atoms with van der Waals surface area (Å²) in [7, 11) is 0. The Balaban J connectivity index is 2.69. The maximum atomic E-state index is 3.50. The van der Waals surface area contributed by atoms with Crippen molar-refractivity contribution in [3.63, 3.8) is 0 Å². The van der Waals surface area contributed by atoms with Crippen molar-refractivity contribution in [1.82, 2.24) is 0 Å². The Morgan fingerprint density at radius 2 is 1.86 bits per heavy atom. The quantitative estimate of drug-likeness (QED) is 0.665. The molecule has 0 N–H and O–H groups in total. The van der Waals surface area contributed by atoms with Gasteiger partial charge in [0.15, 0.2) is 0 Å². The molecular formula is C14H15. The van der Waals surface area contributed by atoms with E-state index in [-0.39, 0.29) is 0 Å². The molecular weight excluding hydrogens is 168 g/mol. The number of benzene rings is 2. The molecule has 2 rings (SSSR count). The second kappa shape index (κ2) is 3.83. The van der Waals surface area contributed by atoms with E-state index in [9.17, 15) is 0 Å². The lowest BCUT2D eigenvalue weighted by Crippen LogP contribution is -1.91. The summed E-state index contributed by atoms with van der Waals surface area (Å²) in [6, 6.07) is 14.2. The molecule has 0 aliphatic carbocycles. The van der Waals surface area contributed by atoms with Crippen molar-refractivity contribution in [2.24, 2.45) is 0 Å². The monoisotopic (exact) mass is 183 g/mol. The third kappa shape index (κ3) is 1.52. The first-order chi connectivity index (χ1) is 6.85. The van der Waals surface area contributed by atoms with E-state index in [1.54, 1.807) is 0 Å². The van der Waals surface area contributed by atoms with Gasteiger partial charge in [0, 0.05) is 0 Å². The lowest BCUT2D eigenvalue weighted by molar-refractivity contribution is 1.04. The molecule has 0 saturated heterocycles. The zero-order valence-electron chi connectivity index (χ0n) is 8.80. The molecule has 0 spiro atoms. The van der Waals surface area contributed by atoms with Gasteiger partial charge in [0.1, 0.15) is 0 Å². The molecule has 71 valence electrons. The first-order valence-electron chi connectivity index (χ1n) is 5.28. The summed E-state index contributed by atoms with van der Waals surface area (Å²) in [6.45, 7) is 4.40. The van der Waals surface area contributed by atoms with Gasteiger partial charge in [-0.1, -0.05) is 44.2 Å². The minimum absolute atomic E-state index is 1.08. The molecule has 0 saturated carbocycles. The average molecular weight is 183 g/mol. The summed E-state index contributed by atoms with van der Waals surface area (Å²) in [4.78, 5) is 0. The third-order valence-electron chi connectivity index (χ3n) is 2.70. The van der Waals surface area contributed by atoms with Crippen LogP contribution in [0.2, 0.25) is 0 Å². The highest BCUT2D eigenvalue weighted by atomic mass is 14.1. The fourth-order valence-corrected chi connectivity index (χ4v) is 1.89. The molecule has 0 unspecified atom stereocenters. The minimum atomic E-state index is 1.08. The van der Waals surface area contributed by atoms with Gasteiger partial charge in [0.25, 0.3) is 0 Å². The van der Waals surface area contributed by atoms with Crippen LogP contribution in [0, 0.1) is 6.07 Å². The Morgan fingerprint density at radius 3 is 2.57 bits per heavy atom. The van der Waals surface area contributed by atoms with E-state index in [1.807, 2.05) is 0 Å². The standard InChI is InChI=1S/C14H15/c1-3-11-9-13-7-5-6-8-14(13)10-12(11)4-2/h5-9H,3-4H2,1-2H3. The maximum absolute atomic E-state index is 3.50. The largest absolute Gasteiger partial charge is 0.0616 e. The van der Waals surface area contributed by atoms with Gasteiger partial charge in [-0.15, -0.1) is 0 Å². The van der Waals surface area contributed by atoms with Crippen molar-refractivity contribution in [2.75, 3.05) is 0 Å². The molecule has 0 aliphatic heterocycles. The Kier molecular flexibility index (Phi) is 2.53. The normalized spacial score (nSPS) is 10.7. The molecule has 0 atom stereocenters. The molecule has 2 aromatic rings. The molecule has 0 aliphatic rings. The van der Waals surface area contributed by atoms with E-state index in [0.717, 1.165) is 12.8 Å². The molecule has 0 heterocycles. The van der Waals surface area contributed by atoms with Crippen LogP contribution in [0.1, 0.15) is 25.0 Å². The first kappa shape index (κ1) is 9.26. The molecule has 0 fully saturated rings. The van der Waals surface area contributed by atoms with Gasteiger partial charge in [-0.2, -0.15) is 0 Å². The van der Waals surface area contributed by atoms with E-state index in [1.165, 1.54) is 21.9 Å². The summed E-state index contributed by atoms with van der Waals surface area (Å²) < 4.78 is 0. The average Bonchev–Trinajstić information content (AvgIpc) is 2.27. The van der Waals surface area contributed by atoms with Crippen LogP contribution in [0.4, 0.5) is 0 Å². The van der Waals surface area contributed by atoms with Gasteiger partial charge in [0.05, 0.1) is 0 Å². The van der Waals surface area contributed by atoms with Crippen molar-refractivity contribution >= 4 is 10.8 Å². The van der Waals surface area contributed by atoms with Crippen LogP contribution in [0.25, 0.3) is 10.8 Å². The number of rotatable bonds is 2. The van der Waals surface area contributed by atoms with Gasteiger partial charge < -0.3 is 0 Å². The summed E-state index contributed by atoms with van der Waals surface area (Å²) in [6.07, 6.45) is 2.18. The predicted octanol–water partition coefficient (Wildman–Crippen LogP) is 3.76. The van der Waals surface area contributed by atoms with E-state index >= 15 is 0 Å². The lowest BCUT2D eigenvalue weighted by atomic mass is 9.98. The number of hydrogen-bond donors (Lipinski definition) is 0. The highest BCUT2D eigenvalue weighted by Gasteiger charge is 2.01. The molecule has 0 heteroatoms. The van der Waals surface area contributed by atoms with Crippen molar-refractivity contribution < 1.29 is 0 Å². The number of fused-ring (bicyclic) bond motifs is 1. The van der Waals surface area contributed by atoms with E-state index < -0.39 is 0 Å². The second-order valence-corrected chi connectivity index (χ2v) is 3.57. The van der Waals surface area contributed by atoms with Crippen molar-refractivity contribution in [2.45, 2.75) is 26.7 Å². The maximum Gasteiger partial charge on any atom is -0.00616 e. The van der Waals surface area contributed by atoms with Gasteiger partial charge in [-0.25, -0.2) is 0 Å². The van der Waals surface area contributed by atoms with Crippen LogP contribution in [-0.4, -0.2) is 0 Å². The fraction of sp³-hybridized carbons (Fsp3) is 0.286. The first-order valence-corrected chi connectivity index (χ1v) is 5.28.